The molecule has 9 heteroatoms. The van der Waals surface area contributed by atoms with E-state index in [1.54, 1.807) is 29.4 Å². The first kappa shape index (κ1) is 19.0. The molecule has 4 heterocycles. The number of alkyl halides is 2. The highest BCUT2D eigenvalue weighted by Gasteiger charge is 2.39. The predicted molar refractivity (Wildman–Crippen MR) is 118 cm³/mol. The Morgan fingerprint density at radius 3 is 2.81 bits per heavy atom. The largest absolute Gasteiger partial charge is 0.400 e. The van der Waals surface area contributed by atoms with E-state index in [1.165, 1.54) is 6.07 Å². The summed E-state index contributed by atoms with van der Waals surface area (Å²) in [6.07, 6.45) is 3.06. The van der Waals surface area contributed by atoms with Crippen LogP contribution in [0.4, 0.5) is 24.5 Å². The molecule has 1 saturated heterocycles. The number of halogens is 3. The van der Waals surface area contributed by atoms with Crippen molar-refractivity contribution in [3.8, 4) is 0 Å². The number of anilines is 2. The van der Waals surface area contributed by atoms with Gasteiger partial charge in [-0.05, 0) is 29.8 Å². The Bertz CT molecular complexity index is 1420. The van der Waals surface area contributed by atoms with Gasteiger partial charge in [-0.25, -0.2) is 13.2 Å². The minimum absolute atomic E-state index is 0.192. The number of H-pyrrole nitrogens is 1. The third-order valence-corrected chi connectivity index (χ3v) is 6.26. The molecule has 0 aliphatic carbocycles. The molecule has 2 aliphatic rings. The first-order valence-corrected chi connectivity index (χ1v) is 10.3. The molecule has 6 rings (SSSR count). The number of nitrogens with zero attached hydrogens (tertiary/aromatic N) is 3. The number of hydrogen-bond donors (Lipinski definition) is 3. The summed E-state index contributed by atoms with van der Waals surface area (Å²) in [6.45, 7) is 0.284. The Hall–Kier alpha value is -3.75. The molecule has 6 nitrogen and oxygen atoms in total. The van der Waals surface area contributed by atoms with Crippen molar-refractivity contribution >= 4 is 38.8 Å². The molecule has 4 N–H and O–H groups in total. The first-order chi connectivity index (χ1) is 15.4. The second-order valence-electron chi connectivity index (χ2n) is 8.25. The third-order valence-electron chi connectivity index (χ3n) is 6.26. The smallest absolute Gasteiger partial charge is 0.266 e. The Morgan fingerprint density at radius 2 is 2.00 bits per heavy atom. The van der Waals surface area contributed by atoms with Crippen LogP contribution in [0.3, 0.4) is 0 Å². The summed E-state index contributed by atoms with van der Waals surface area (Å²) >= 11 is 0. The Balaban J connectivity index is 1.63. The number of benzene rings is 2. The van der Waals surface area contributed by atoms with Gasteiger partial charge in [-0.1, -0.05) is 6.07 Å². The Morgan fingerprint density at radius 1 is 1.12 bits per heavy atom. The van der Waals surface area contributed by atoms with E-state index in [1.807, 2.05) is 12.1 Å². The molecule has 1 fully saturated rings. The highest BCUT2D eigenvalue weighted by Crippen LogP contribution is 2.45. The summed E-state index contributed by atoms with van der Waals surface area (Å²) in [7, 11) is 0. The molecule has 0 atom stereocenters. The van der Waals surface area contributed by atoms with Crippen LogP contribution in [0.2, 0.25) is 0 Å². The Labute approximate surface area is 180 Å². The van der Waals surface area contributed by atoms with Crippen molar-refractivity contribution in [3.05, 3.63) is 65.4 Å². The molecule has 0 bridgehead atoms. The monoisotopic (exact) mass is 436 g/mol. The number of fused-ring (bicyclic) bond motifs is 4. The maximum Gasteiger partial charge on any atom is 0.266 e. The van der Waals surface area contributed by atoms with E-state index < -0.39 is 11.7 Å². The standard InChI is InChI=1S/C23H19F3N6/c24-16-4-3-12(15-9-30-31-20(15)16)19-14-8-18(32-7-5-23(25,26)11-32)13-2-1-6-28-21(13)22(14)29-10-17(19)27/h1-4,6,8-9,29H,5,7,10-11,27H2,(H,30,31). The van der Waals surface area contributed by atoms with Gasteiger partial charge in [0.25, 0.3) is 5.92 Å². The number of nitrogens with two attached hydrogens (primary N) is 1. The van der Waals surface area contributed by atoms with Crippen molar-refractivity contribution in [2.75, 3.05) is 29.9 Å². The zero-order chi connectivity index (χ0) is 22.0. The molecule has 2 aromatic heterocycles. The van der Waals surface area contributed by atoms with Crippen LogP contribution in [0, 0.1) is 5.82 Å². The quantitative estimate of drug-likeness (QED) is 0.438. The van der Waals surface area contributed by atoms with Crippen LogP contribution >= 0.6 is 0 Å². The van der Waals surface area contributed by atoms with E-state index in [2.05, 4.69) is 20.5 Å². The van der Waals surface area contributed by atoms with E-state index in [9.17, 15) is 13.2 Å². The summed E-state index contributed by atoms with van der Waals surface area (Å²) in [5.74, 6) is -3.14. The molecule has 32 heavy (non-hydrogen) atoms. The number of hydrogen-bond acceptors (Lipinski definition) is 5. The fraction of sp³-hybridized carbons (Fsp3) is 0.217. The molecular formula is C23H19F3N6. The fourth-order valence-corrected chi connectivity index (χ4v) is 4.79. The molecule has 0 saturated carbocycles. The van der Waals surface area contributed by atoms with E-state index in [0.717, 1.165) is 27.8 Å². The zero-order valence-electron chi connectivity index (χ0n) is 16.9. The van der Waals surface area contributed by atoms with Crippen molar-refractivity contribution in [3.63, 3.8) is 0 Å². The summed E-state index contributed by atoms with van der Waals surface area (Å²) in [5, 5.41) is 11.4. The highest BCUT2D eigenvalue weighted by molar-refractivity contribution is 6.09. The molecule has 0 radical (unpaired) electrons. The van der Waals surface area contributed by atoms with Gasteiger partial charge in [-0.3, -0.25) is 10.1 Å². The van der Waals surface area contributed by atoms with Crippen LogP contribution < -0.4 is 16.0 Å². The zero-order valence-corrected chi connectivity index (χ0v) is 16.9. The second kappa shape index (κ2) is 6.62. The summed E-state index contributed by atoms with van der Waals surface area (Å²) in [4.78, 5) is 6.26. The fourth-order valence-electron chi connectivity index (χ4n) is 4.79. The van der Waals surface area contributed by atoms with E-state index in [4.69, 9.17) is 5.73 Å². The second-order valence-corrected chi connectivity index (χ2v) is 8.25. The first-order valence-electron chi connectivity index (χ1n) is 10.3. The maximum atomic E-state index is 14.3. The average molecular weight is 436 g/mol. The summed E-state index contributed by atoms with van der Waals surface area (Å²) < 4.78 is 42.4. The minimum Gasteiger partial charge on any atom is -0.400 e. The number of rotatable bonds is 2. The van der Waals surface area contributed by atoms with Crippen LogP contribution in [0.5, 0.6) is 0 Å². The van der Waals surface area contributed by atoms with Gasteiger partial charge in [0.15, 0.2) is 0 Å². The lowest BCUT2D eigenvalue weighted by Gasteiger charge is -2.28. The molecule has 4 aromatic rings. The van der Waals surface area contributed by atoms with Crippen molar-refractivity contribution < 1.29 is 13.2 Å². The van der Waals surface area contributed by atoms with Gasteiger partial charge in [-0.15, -0.1) is 0 Å². The molecule has 2 aromatic carbocycles. The number of nitrogens with one attached hydrogen (secondary N) is 2. The topological polar surface area (TPSA) is 82.9 Å². The Kier molecular flexibility index (Phi) is 3.93. The highest BCUT2D eigenvalue weighted by atomic mass is 19.3. The molecular weight excluding hydrogens is 417 g/mol. The molecule has 0 spiro atoms. The van der Waals surface area contributed by atoms with E-state index >= 15 is 0 Å². The SMILES string of the molecule is NC1=C(c2ccc(F)c3[nH]ncc23)c2cc(N3CCC(F)(F)C3)c3cccnc3c2NC1. The van der Waals surface area contributed by atoms with Crippen molar-refractivity contribution in [2.24, 2.45) is 5.73 Å². The normalized spacial score (nSPS) is 17.8. The lowest BCUT2D eigenvalue weighted by Crippen LogP contribution is -2.26. The van der Waals surface area contributed by atoms with Gasteiger partial charge in [0.05, 0.1) is 30.5 Å². The van der Waals surface area contributed by atoms with E-state index in [-0.39, 0.29) is 19.5 Å². The van der Waals surface area contributed by atoms with E-state index in [0.29, 0.717) is 34.3 Å². The average Bonchev–Trinajstić information content (AvgIpc) is 3.41. The van der Waals surface area contributed by atoms with Crippen molar-refractivity contribution in [2.45, 2.75) is 12.3 Å². The third kappa shape index (κ3) is 2.73. The summed E-state index contributed by atoms with van der Waals surface area (Å²) in [5.41, 5.74) is 11.7. The minimum atomic E-state index is -2.74. The van der Waals surface area contributed by atoms with Crippen LogP contribution in [-0.4, -0.2) is 40.7 Å². The van der Waals surface area contributed by atoms with Crippen LogP contribution in [0.1, 0.15) is 17.5 Å². The molecule has 0 amide bonds. The van der Waals surface area contributed by atoms with Crippen LogP contribution in [0.25, 0.3) is 27.4 Å². The van der Waals surface area contributed by atoms with Crippen molar-refractivity contribution in [1.82, 2.24) is 15.2 Å². The van der Waals surface area contributed by atoms with Gasteiger partial charge in [0.1, 0.15) is 11.3 Å². The predicted octanol–water partition coefficient (Wildman–Crippen LogP) is 4.24. The van der Waals surface area contributed by atoms with Gasteiger partial charge < -0.3 is 16.0 Å². The van der Waals surface area contributed by atoms with Gasteiger partial charge in [0.2, 0.25) is 0 Å². The molecule has 2 aliphatic heterocycles. The number of aromatic nitrogens is 3. The van der Waals surface area contributed by atoms with Crippen LogP contribution in [0.15, 0.2) is 48.4 Å². The van der Waals surface area contributed by atoms with Gasteiger partial charge in [-0.2, -0.15) is 5.10 Å². The lowest BCUT2D eigenvalue weighted by molar-refractivity contribution is 0.0257. The van der Waals surface area contributed by atoms with Crippen molar-refractivity contribution in [1.29, 1.82) is 0 Å². The van der Waals surface area contributed by atoms with Crippen LogP contribution in [-0.2, 0) is 0 Å². The summed E-state index contributed by atoms with van der Waals surface area (Å²) in [6, 6.07) is 8.64. The molecule has 0 unspecified atom stereocenters. The lowest BCUT2D eigenvalue weighted by atomic mass is 9.88. The van der Waals surface area contributed by atoms with Gasteiger partial charge >= 0.3 is 0 Å². The number of aromatic amines is 1. The number of pyridine rings is 1. The maximum absolute atomic E-state index is 14.3. The van der Waals surface area contributed by atoms with Gasteiger partial charge in [0, 0.05) is 52.5 Å². The molecule has 162 valence electrons.